The number of unbranched alkanes of at least 4 members (excludes halogenated alkanes) is 22. The third-order valence-electron chi connectivity index (χ3n) is 9.44. The van der Waals surface area contributed by atoms with Crippen molar-refractivity contribution in [3.8, 4) is 0 Å². The molecule has 0 aromatic heterocycles. The van der Waals surface area contributed by atoms with Crippen LogP contribution in [0.3, 0.4) is 0 Å². The van der Waals surface area contributed by atoms with Crippen molar-refractivity contribution in [2.75, 3.05) is 47.5 Å². The van der Waals surface area contributed by atoms with Crippen molar-refractivity contribution in [2.24, 2.45) is 0 Å². The number of phosphoric acid groups is 1. The van der Waals surface area contributed by atoms with E-state index in [-0.39, 0.29) is 26.1 Å². The highest BCUT2D eigenvalue weighted by Crippen LogP contribution is 2.38. The molecule has 0 saturated heterocycles. The fourth-order valence-electron chi connectivity index (χ4n) is 5.94. The molecule has 0 N–H and O–H groups in total. The highest BCUT2D eigenvalue weighted by Gasteiger charge is 2.21. The molecule has 0 saturated carbocycles. The highest BCUT2D eigenvalue weighted by atomic mass is 31.2. The van der Waals surface area contributed by atoms with E-state index < -0.39 is 32.5 Å². The second-order valence-electron chi connectivity index (χ2n) is 16.1. The number of likely N-dealkylation sites (N-methyl/N-ethyl adjacent to an activating group) is 1. The van der Waals surface area contributed by atoms with Gasteiger partial charge in [0.2, 0.25) is 0 Å². The maximum Gasteiger partial charge on any atom is 0.306 e. The lowest BCUT2D eigenvalue weighted by Crippen LogP contribution is -2.37. The molecule has 0 spiro atoms. The Bertz CT molecular complexity index is 980. The molecule has 0 aromatic carbocycles. The van der Waals surface area contributed by atoms with Crippen LogP contribution in [0.15, 0.2) is 24.3 Å². The van der Waals surface area contributed by atoms with Crippen LogP contribution in [-0.2, 0) is 32.7 Å². The van der Waals surface area contributed by atoms with Crippen LogP contribution in [0.5, 0.6) is 0 Å². The molecule has 0 aliphatic rings. The van der Waals surface area contributed by atoms with Gasteiger partial charge in [-0.1, -0.05) is 141 Å². The van der Waals surface area contributed by atoms with Gasteiger partial charge in [-0.05, 0) is 64.2 Å². The van der Waals surface area contributed by atoms with E-state index in [1.54, 1.807) is 0 Å². The number of quaternary nitrogens is 1. The van der Waals surface area contributed by atoms with E-state index in [1.807, 2.05) is 21.1 Å². The van der Waals surface area contributed by atoms with Crippen molar-refractivity contribution >= 4 is 19.8 Å². The number of nitrogens with zero attached hydrogens (tertiary/aromatic N) is 1. The van der Waals surface area contributed by atoms with Crippen LogP contribution in [0, 0.1) is 0 Å². The first-order valence-electron chi connectivity index (χ1n) is 22.0. The minimum Gasteiger partial charge on any atom is -0.756 e. The molecular weight excluding hydrogens is 701 g/mol. The summed E-state index contributed by atoms with van der Waals surface area (Å²) < 4.78 is 33.9. The Hall–Kier alpha value is -1.51. The monoisotopic (exact) mass is 786 g/mol. The number of rotatable bonds is 40. The van der Waals surface area contributed by atoms with E-state index in [4.69, 9.17) is 18.5 Å². The quantitative estimate of drug-likeness (QED) is 0.0198. The van der Waals surface area contributed by atoms with Crippen molar-refractivity contribution in [3.63, 3.8) is 0 Å². The van der Waals surface area contributed by atoms with Crippen molar-refractivity contribution in [1.82, 2.24) is 0 Å². The molecule has 0 bridgehead atoms. The number of hydrogen-bond acceptors (Lipinski definition) is 8. The predicted molar refractivity (Wildman–Crippen MR) is 222 cm³/mol. The molecule has 2 atom stereocenters. The van der Waals surface area contributed by atoms with Crippen molar-refractivity contribution in [1.29, 1.82) is 0 Å². The third-order valence-corrected chi connectivity index (χ3v) is 10.4. The van der Waals surface area contributed by atoms with Crippen LogP contribution < -0.4 is 4.89 Å². The van der Waals surface area contributed by atoms with Crippen LogP contribution in [-0.4, -0.2) is 70.0 Å². The molecule has 318 valence electrons. The minimum atomic E-state index is -4.62. The molecule has 54 heavy (non-hydrogen) atoms. The van der Waals surface area contributed by atoms with Gasteiger partial charge >= 0.3 is 11.9 Å². The molecule has 0 aliphatic carbocycles. The number of phosphoric ester groups is 1. The summed E-state index contributed by atoms with van der Waals surface area (Å²) in [5, 5.41) is 0. The smallest absolute Gasteiger partial charge is 0.306 e. The van der Waals surface area contributed by atoms with Gasteiger partial charge in [0.15, 0.2) is 6.10 Å². The number of esters is 2. The summed E-state index contributed by atoms with van der Waals surface area (Å²) in [4.78, 5) is 37.5. The van der Waals surface area contributed by atoms with E-state index >= 15 is 0 Å². The predicted octanol–water partition coefficient (Wildman–Crippen LogP) is 11.7. The summed E-state index contributed by atoms with van der Waals surface area (Å²) in [6.07, 6.45) is 39.1. The molecule has 0 aromatic rings. The molecule has 0 aliphatic heterocycles. The molecule has 10 heteroatoms. The van der Waals surface area contributed by atoms with E-state index in [1.165, 1.54) is 103 Å². The van der Waals surface area contributed by atoms with Crippen LogP contribution in [0.4, 0.5) is 0 Å². The maximum atomic E-state index is 12.7. The number of allylic oxidation sites excluding steroid dienone is 4. The second kappa shape index (κ2) is 37.1. The summed E-state index contributed by atoms with van der Waals surface area (Å²) >= 11 is 0. The number of carbonyl (C=O) groups is 2. The summed E-state index contributed by atoms with van der Waals surface area (Å²) in [6, 6.07) is 0. The lowest BCUT2D eigenvalue weighted by molar-refractivity contribution is -0.870. The molecule has 1 unspecified atom stereocenters. The first kappa shape index (κ1) is 52.5. The van der Waals surface area contributed by atoms with E-state index in [0.717, 1.165) is 51.4 Å². The van der Waals surface area contributed by atoms with Gasteiger partial charge in [0.05, 0.1) is 27.7 Å². The summed E-state index contributed by atoms with van der Waals surface area (Å²) in [5.74, 6) is -0.855. The van der Waals surface area contributed by atoms with Crippen LogP contribution >= 0.6 is 7.82 Å². The van der Waals surface area contributed by atoms with Gasteiger partial charge in [0.25, 0.3) is 7.82 Å². The molecule has 0 fully saturated rings. The first-order chi connectivity index (χ1) is 26.0. The molecule has 0 radical (unpaired) electrons. The Balaban J connectivity index is 4.37. The Morgan fingerprint density at radius 3 is 1.39 bits per heavy atom. The molecule has 0 rings (SSSR count). The van der Waals surface area contributed by atoms with Crippen molar-refractivity contribution in [3.05, 3.63) is 24.3 Å². The summed E-state index contributed by atoms with van der Waals surface area (Å²) in [6.45, 7) is 4.20. The standard InChI is InChI=1S/C44H84NO8P/c1-6-8-10-12-14-16-18-20-21-22-23-25-27-29-31-33-35-37-44(47)53-42(41-52-54(48,49)51-39-38-45(3,4)5)40-50-43(46)36-34-32-30-28-26-24-19-17-15-13-11-9-7-2/h20-21,24,26,42H,6-19,22-23,25,27-41H2,1-5H3/b21-20+,26-24+/t42-/m1/s1. The van der Waals surface area contributed by atoms with Gasteiger partial charge in [-0.15, -0.1) is 0 Å². The molecule has 0 heterocycles. The average Bonchev–Trinajstić information content (AvgIpc) is 3.12. The lowest BCUT2D eigenvalue weighted by Gasteiger charge is -2.28. The zero-order valence-electron chi connectivity index (χ0n) is 35.7. The molecular formula is C44H84NO8P. The SMILES string of the molecule is CCCCCCCC/C=C/CCCCCCCCCC(=O)O[C@H](COC(=O)CCCCC/C=C/CCCCCCCC)COP(=O)([O-])OCC[N+](C)(C)C. The molecule has 0 amide bonds. The zero-order valence-corrected chi connectivity index (χ0v) is 36.6. The highest BCUT2D eigenvalue weighted by molar-refractivity contribution is 7.45. The van der Waals surface area contributed by atoms with Crippen LogP contribution in [0.25, 0.3) is 0 Å². The summed E-state index contributed by atoms with van der Waals surface area (Å²) in [7, 11) is 1.16. The fraction of sp³-hybridized carbons (Fsp3) is 0.864. The number of carbonyl (C=O) groups excluding carboxylic acids is 2. The van der Waals surface area contributed by atoms with Crippen molar-refractivity contribution < 1.29 is 42.1 Å². The topological polar surface area (TPSA) is 111 Å². The third kappa shape index (κ3) is 40.2. The second-order valence-corrected chi connectivity index (χ2v) is 17.5. The number of ether oxygens (including phenoxy) is 2. The Labute approximate surface area is 332 Å². The van der Waals surface area contributed by atoms with Gasteiger partial charge in [0, 0.05) is 12.8 Å². The maximum absolute atomic E-state index is 12.7. The fourth-order valence-corrected chi connectivity index (χ4v) is 6.67. The molecule has 9 nitrogen and oxygen atoms in total. The van der Waals surface area contributed by atoms with Crippen molar-refractivity contribution in [2.45, 2.75) is 200 Å². The van der Waals surface area contributed by atoms with E-state index in [0.29, 0.717) is 23.9 Å². The van der Waals surface area contributed by atoms with Gasteiger partial charge in [-0.3, -0.25) is 14.2 Å². The van der Waals surface area contributed by atoms with Gasteiger partial charge < -0.3 is 27.9 Å². The van der Waals surface area contributed by atoms with Gasteiger partial charge in [-0.25, -0.2) is 0 Å². The van der Waals surface area contributed by atoms with Gasteiger partial charge in [0.1, 0.15) is 19.8 Å². The summed E-state index contributed by atoms with van der Waals surface area (Å²) in [5.41, 5.74) is 0. The van der Waals surface area contributed by atoms with E-state index in [9.17, 15) is 19.0 Å². The minimum absolute atomic E-state index is 0.0327. The van der Waals surface area contributed by atoms with Crippen LogP contribution in [0.1, 0.15) is 194 Å². The van der Waals surface area contributed by atoms with E-state index in [2.05, 4.69) is 38.2 Å². The normalized spacial score (nSPS) is 13.8. The Kier molecular flexibility index (Phi) is 36.1. The number of hydrogen-bond donors (Lipinski definition) is 0. The Morgan fingerprint density at radius 2 is 0.944 bits per heavy atom. The van der Waals surface area contributed by atoms with Crippen LogP contribution in [0.2, 0.25) is 0 Å². The lowest BCUT2D eigenvalue weighted by atomic mass is 10.1. The largest absolute Gasteiger partial charge is 0.756 e. The Morgan fingerprint density at radius 1 is 0.556 bits per heavy atom. The first-order valence-corrected chi connectivity index (χ1v) is 23.5. The average molecular weight is 786 g/mol. The zero-order chi connectivity index (χ0) is 40.0. The van der Waals surface area contributed by atoms with Gasteiger partial charge in [-0.2, -0.15) is 0 Å².